The lowest BCUT2D eigenvalue weighted by molar-refractivity contribution is -0.137. The SMILES string of the molecule is CCCc1ccc(C2(C)NC(=O)N(CC(=O)Nc3ccc(C(F)(F)F)cc3)C2=O)cc1. The summed E-state index contributed by atoms with van der Waals surface area (Å²) in [4.78, 5) is 38.4. The van der Waals surface area contributed by atoms with Gasteiger partial charge in [-0.3, -0.25) is 14.5 Å². The summed E-state index contributed by atoms with van der Waals surface area (Å²) in [5.74, 6) is -1.28. The number of benzene rings is 2. The van der Waals surface area contributed by atoms with Gasteiger partial charge in [-0.05, 0) is 48.7 Å². The highest BCUT2D eigenvalue weighted by atomic mass is 19.4. The van der Waals surface area contributed by atoms with E-state index in [-0.39, 0.29) is 5.69 Å². The highest BCUT2D eigenvalue weighted by Crippen LogP contribution is 2.31. The molecule has 0 aliphatic carbocycles. The number of hydrogen-bond donors (Lipinski definition) is 2. The molecule has 0 spiro atoms. The van der Waals surface area contributed by atoms with E-state index in [0.29, 0.717) is 5.56 Å². The zero-order chi connectivity index (χ0) is 22.8. The molecule has 0 saturated carbocycles. The third-order valence-electron chi connectivity index (χ3n) is 5.14. The molecule has 0 aromatic heterocycles. The van der Waals surface area contributed by atoms with E-state index in [1.165, 1.54) is 0 Å². The maximum atomic E-state index is 12.9. The molecule has 1 fully saturated rings. The molecule has 0 radical (unpaired) electrons. The first-order valence-electron chi connectivity index (χ1n) is 9.75. The lowest BCUT2D eigenvalue weighted by atomic mass is 9.91. The fourth-order valence-electron chi connectivity index (χ4n) is 3.42. The van der Waals surface area contributed by atoms with Crippen LogP contribution in [0.4, 0.5) is 23.7 Å². The molecule has 164 valence electrons. The number of nitrogens with one attached hydrogen (secondary N) is 2. The first-order valence-corrected chi connectivity index (χ1v) is 9.75. The van der Waals surface area contributed by atoms with Gasteiger partial charge in [0.15, 0.2) is 0 Å². The molecule has 1 saturated heterocycles. The number of urea groups is 1. The van der Waals surface area contributed by atoms with Crippen LogP contribution in [-0.2, 0) is 27.7 Å². The predicted octanol–water partition coefficient (Wildman–Crippen LogP) is 4.06. The van der Waals surface area contributed by atoms with Crippen molar-refractivity contribution in [3.05, 3.63) is 65.2 Å². The fraction of sp³-hybridized carbons (Fsp3) is 0.318. The quantitative estimate of drug-likeness (QED) is 0.675. The number of halogens is 3. The highest BCUT2D eigenvalue weighted by molar-refractivity contribution is 6.10. The van der Waals surface area contributed by atoms with E-state index in [1.807, 2.05) is 12.1 Å². The van der Waals surface area contributed by atoms with Crippen LogP contribution in [0, 0.1) is 0 Å². The van der Waals surface area contributed by atoms with Crippen LogP contribution in [0.3, 0.4) is 0 Å². The first kappa shape index (κ1) is 22.3. The van der Waals surface area contributed by atoms with Gasteiger partial charge in [0.05, 0.1) is 5.56 Å². The second-order valence-corrected chi connectivity index (χ2v) is 7.52. The zero-order valence-corrected chi connectivity index (χ0v) is 17.0. The van der Waals surface area contributed by atoms with Crippen LogP contribution in [0.2, 0.25) is 0 Å². The van der Waals surface area contributed by atoms with Crippen molar-refractivity contribution in [1.29, 1.82) is 0 Å². The minimum atomic E-state index is -4.48. The van der Waals surface area contributed by atoms with Crippen molar-refractivity contribution in [3.8, 4) is 0 Å². The summed E-state index contributed by atoms with van der Waals surface area (Å²) < 4.78 is 37.9. The average molecular weight is 433 g/mol. The Labute approximate surface area is 177 Å². The molecule has 3 rings (SSSR count). The number of alkyl halides is 3. The number of imide groups is 1. The summed E-state index contributed by atoms with van der Waals surface area (Å²) in [5, 5.41) is 5.02. The van der Waals surface area contributed by atoms with Crippen LogP contribution < -0.4 is 10.6 Å². The molecule has 1 heterocycles. The number of aryl methyl sites for hydroxylation is 1. The third-order valence-corrected chi connectivity index (χ3v) is 5.14. The molecule has 1 unspecified atom stereocenters. The topological polar surface area (TPSA) is 78.5 Å². The normalized spacial score (nSPS) is 18.8. The molecule has 1 aliphatic heterocycles. The zero-order valence-electron chi connectivity index (χ0n) is 17.0. The molecule has 2 N–H and O–H groups in total. The molecule has 2 aromatic carbocycles. The Kier molecular flexibility index (Phi) is 6.06. The van der Waals surface area contributed by atoms with Gasteiger partial charge in [0, 0.05) is 5.69 Å². The molecule has 31 heavy (non-hydrogen) atoms. The molecule has 1 aliphatic rings. The summed E-state index contributed by atoms with van der Waals surface area (Å²) in [6.45, 7) is 3.06. The van der Waals surface area contributed by atoms with Gasteiger partial charge in [0.2, 0.25) is 5.91 Å². The number of carbonyl (C=O) groups is 3. The lowest BCUT2D eigenvalue weighted by Crippen LogP contribution is -2.42. The number of anilines is 1. The summed E-state index contributed by atoms with van der Waals surface area (Å²) in [7, 11) is 0. The third kappa shape index (κ3) is 4.70. The van der Waals surface area contributed by atoms with Crippen molar-refractivity contribution in [1.82, 2.24) is 10.2 Å². The van der Waals surface area contributed by atoms with Crippen LogP contribution >= 0.6 is 0 Å². The highest BCUT2D eigenvalue weighted by Gasteiger charge is 2.49. The molecular weight excluding hydrogens is 411 g/mol. The summed E-state index contributed by atoms with van der Waals surface area (Å²) in [6.07, 6.45) is -2.61. The first-order chi connectivity index (χ1) is 14.5. The number of nitrogens with zero attached hydrogens (tertiary/aromatic N) is 1. The number of amides is 4. The monoisotopic (exact) mass is 433 g/mol. The summed E-state index contributed by atoms with van der Waals surface area (Å²) in [5.41, 5.74) is -0.327. The van der Waals surface area contributed by atoms with Gasteiger partial charge in [0.25, 0.3) is 5.91 Å². The predicted molar refractivity (Wildman–Crippen MR) is 108 cm³/mol. The second-order valence-electron chi connectivity index (χ2n) is 7.52. The van der Waals surface area contributed by atoms with Gasteiger partial charge in [-0.1, -0.05) is 37.6 Å². The van der Waals surface area contributed by atoms with Crippen LogP contribution in [0.1, 0.15) is 37.0 Å². The minimum absolute atomic E-state index is 0.124. The number of hydrogen-bond acceptors (Lipinski definition) is 3. The Morgan fingerprint density at radius 2 is 1.68 bits per heavy atom. The van der Waals surface area contributed by atoms with Crippen molar-refractivity contribution in [2.24, 2.45) is 0 Å². The second kappa shape index (κ2) is 8.41. The molecule has 6 nitrogen and oxygen atoms in total. The molecule has 0 bridgehead atoms. The molecule has 1 atom stereocenters. The van der Waals surface area contributed by atoms with Gasteiger partial charge < -0.3 is 10.6 Å². The van der Waals surface area contributed by atoms with Crippen molar-refractivity contribution in [3.63, 3.8) is 0 Å². The summed E-state index contributed by atoms with van der Waals surface area (Å²) in [6, 6.07) is 10.5. The van der Waals surface area contributed by atoms with Gasteiger partial charge >= 0.3 is 12.2 Å². The van der Waals surface area contributed by atoms with Crippen LogP contribution in [0.25, 0.3) is 0 Å². The minimum Gasteiger partial charge on any atom is -0.325 e. The largest absolute Gasteiger partial charge is 0.416 e. The van der Waals surface area contributed by atoms with E-state index in [2.05, 4.69) is 17.6 Å². The van der Waals surface area contributed by atoms with Crippen molar-refractivity contribution in [2.75, 3.05) is 11.9 Å². The van der Waals surface area contributed by atoms with Crippen LogP contribution in [0.5, 0.6) is 0 Å². The average Bonchev–Trinajstić information content (AvgIpc) is 2.92. The van der Waals surface area contributed by atoms with E-state index in [4.69, 9.17) is 0 Å². The maximum Gasteiger partial charge on any atom is 0.416 e. The Bertz CT molecular complexity index is 988. The Balaban J connectivity index is 1.68. The van der Waals surface area contributed by atoms with Gasteiger partial charge in [0.1, 0.15) is 12.1 Å². The smallest absolute Gasteiger partial charge is 0.325 e. The van der Waals surface area contributed by atoms with E-state index in [9.17, 15) is 27.6 Å². The van der Waals surface area contributed by atoms with Crippen LogP contribution in [-0.4, -0.2) is 29.3 Å². The van der Waals surface area contributed by atoms with Gasteiger partial charge in [-0.2, -0.15) is 13.2 Å². The lowest BCUT2D eigenvalue weighted by Gasteiger charge is -2.22. The Morgan fingerprint density at radius 1 is 1.06 bits per heavy atom. The fourth-order valence-corrected chi connectivity index (χ4v) is 3.42. The van der Waals surface area contributed by atoms with E-state index in [1.54, 1.807) is 19.1 Å². The standard InChI is InChI=1S/C22H22F3N3O3/c1-3-4-14-5-7-15(8-6-14)21(2)19(30)28(20(31)27-21)13-18(29)26-17-11-9-16(10-12-17)22(23,24)25/h5-12H,3-4,13H2,1-2H3,(H,26,29)(H,27,31). The molecule has 4 amide bonds. The molecular formula is C22H22F3N3O3. The number of carbonyl (C=O) groups excluding carboxylic acids is 3. The van der Waals surface area contributed by atoms with Crippen molar-refractivity contribution in [2.45, 2.75) is 38.4 Å². The number of rotatable bonds is 6. The Hall–Kier alpha value is -3.36. The van der Waals surface area contributed by atoms with Crippen molar-refractivity contribution < 1.29 is 27.6 Å². The van der Waals surface area contributed by atoms with E-state index >= 15 is 0 Å². The Morgan fingerprint density at radius 3 is 2.23 bits per heavy atom. The van der Waals surface area contributed by atoms with E-state index in [0.717, 1.165) is 47.6 Å². The van der Waals surface area contributed by atoms with Gasteiger partial charge in [-0.25, -0.2) is 4.79 Å². The van der Waals surface area contributed by atoms with Crippen molar-refractivity contribution >= 4 is 23.5 Å². The molecule has 2 aromatic rings. The van der Waals surface area contributed by atoms with E-state index < -0.39 is 41.7 Å². The maximum absolute atomic E-state index is 12.9. The van der Waals surface area contributed by atoms with Crippen LogP contribution in [0.15, 0.2) is 48.5 Å². The summed E-state index contributed by atoms with van der Waals surface area (Å²) >= 11 is 0. The molecule has 9 heteroatoms. The van der Waals surface area contributed by atoms with Gasteiger partial charge in [-0.15, -0.1) is 0 Å².